The molecule has 1 aliphatic carbocycles. The molecule has 3 nitrogen and oxygen atoms in total. The van der Waals surface area contributed by atoms with Crippen LogP contribution in [-0.2, 0) is 5.41 Å². The Bertz CT molecular complexity index is 3120. The van der Waals surface area contributed by atoms with Crippen LogP contribution in [-0.4, -0.2) is 0 Å². The molecule has 266 valence electrons. The summed E-state index contributed by atoms with van der Waals surface area (Å²) in [5.74, 6) is 0. The molecule has 0 spiro atoms. The lowest BCUT2D eigenvalue weighted by molar-refractivity contribution is 0.653. The van der Waals surface area contributed by atoms with E-state index in [4.69, 9.17) is 4.42 Å². The van der Waals surface area contributed by atoms with Crippen LogP contribution in [0.15, 0.2) is 199 Å². The molecule has 0 radical (unpaired) electrons. The molecule has 9 aromatic carbocycles. The van der Waals surface area contributed by atoms with Gasteiger partial charge in [-0.25, -0.2) is 0 Å². The molecule has 1 aliphatic rings. The molecule has 1 aromatic heterocycles. The zero-order valence-electron chi connectivity index (χ0n) is 31.3. The summed E-state index contributed by atoms with van der Waals surface area (Å²) in [7, 11) is 0. The number of para-hydroxylation sites is 2. The molecule has 0 aliphatic heterocycles. The average Bonchev–Trinajstić information content (AvgIpc) is 3.73. The van der Waals surface area contributed by atoms with Crippen molar-refractivity contribution >= 4 is 77.6 Å². The Morgan fingerprint density at radius 2 is 0.875 bits per heavy atom. The fourth-order valence-electron chi connectivity index (χ4n) is 8.99. The SMILES string of the molecule is CC1(C)c2cc(N(c3ccccc3)c3ccc4ccccc4c3)ccc2-c2c1ccc1c2oc2ccc(N(c3ccccc3)c3ccc4ccccc4c3)cc21. The number of benzene rings is 9. The van der Waals surface area contributed by atoms with Gasteiger partial charge in [0.1, 0.15) is 11.2 Å². The first-order valence-electron chi connectivity index (χ1n) is 19.3. The monoisotopic (exact) mass is 718 g/mol. The highest BCUT2D eigenvalue weighted by Gasteiger charge is 2.38. The number of rotatable bonds is 6. The van der Waals surface area contributed by atoms with Crippen molar-refractivity contribution in [3.63, 3.8) is 0 Å². The van der Waals surface area contributed by atoms with Crippen LogP contribution in [0.25, 0.3) is 54.6 Å². The standard InChI is InChI=1S/C53H38N2O/c1-53(2)48-29-28-45-47-33-43(54(39-17-5-3-6-18-39)41-23-21-35-13-9-11-15-37(35)31-41)26-30-50(47)56-52(45)51(48)46-27-25-44(34-49(46)53)55(40-19-7-4-8-20-40)42-24-22-36-14-10-12-16-38(36)32-42/h3-34H,1-2H3. The van der Waals surface area contributed by atoms with Gasteiger partial charge in [0.05, 0.1) is 0 Å². The molecule has 3 heteroatoms. The Labute approximate surface area is 326 Å². The summed E-state index contributed by atoms with van der Waals surface area (Å²) in [5.41, 5.74) is 13.3. The van der Waals surface area contributed by atoms with Crippen LogP contribution in [0.2, 0.25) is 0 Å². The smallest absolute Gasteiger partial charge is 0.143 e. The van der Waals surface area contributed by atoms with Crippen molar-refractivity contribution in [2.75, 3.05) is 9.80 Å². The van der Waals surface area contributed by atoms with Crippen molar-refractivity contribution in [3.8, 4) is 11.1 Å². The lowest BCUT2D eigenvalue weighted by atomic mass is 9.82. The van der Waals surface area contributed by atoms with Gasteiger partial charge in [0.2, 0.25) is 0 Å². The summed E-state index contributed by atoms with van der Waals surface area (Å²) >= 11 is 0. The summed E-state index contributed by atoms with van der Waals surface area (Å²) in [5, 5.41) is 7.13. The van der Waals surface area contributed by atoms with Crippen molar-refractivity contribution in [2.24, 2.45) is 0 Å². The van der Waals surface area contributed by atoms with Crippen LogP contribution in [0, 0.1) is 0 Å². The van der Waals surface area contributed by atoms with E-state index < -0.39 is 0 Å². The van der Waals surface area contributed by atoms with E-state index in [-0.39, 0.29) is 5.41 Å². The molecule has 0 saturated carbocycles. The first-order valence-corrected chi connectivity index (χ1v) is 19.3. The topological polar surface area (TPSA) is 19.6 Å². The second-order valence-electron chi connectivity index (χ2n) is 15.4. The van der Waals surface area contributed by atoms with Gasteiger partial charge in [-0.2, -0.15) is 0 Å². The largest absolute Gasteiger partial charge is 0.455 e. The molecule has 0 fully saturated rings. The van der Waals surface area contributed by atoms with E-state index in [1.165, 1.54) is 43.8 Å². The van der Waals surface area contributed by atoms with Gasteiger partial charge in [-0.05, 0) is 117 Å². The predicted octanol–water partition coefficient (Wildman–Crippen LogP) is 15.1. The Kier molecular flexibility index (Phi) is 7.20. The number of furan rings is 1. The minimum Gasteiger partial charge on any atom is -0.455 e. The van der Waals surface area contributed by atoms with Crippen LogP contribution >= 0.6 is 0 Å². The van der Waals surface area contributed by atoms with Crippen molar-refractivity contribution in [1.29, 1.82) is 0 Å². The van der Waals surface area contributed by atoms with E-state index in [2.05, 4.69) is 218 Å². The Morgan fingerprint density at radius 1 is 0.375 bits per heavy atom. The average molecular weight is 719 g/mol. The molecule has 1 heterocycles. The van der Waals surface area contributed by atoms with Crippen molar-refractivity contribution in [2.45, 2.75) is 19.3 Å². The molecular weight excluding hydrogens is 681 g/mol. The van der Waals surface area contributed by atoms with Crippen LogP contribution in [0.3, 0.4) is 0 Å². The molecule has 11 rings (SSSR count). The summed E-state index contributed by atoms with van der Waals surface area (Å²) in [6.45, 7) is 4.69. The molecule has 0 N–H and O–H groups in total. The quantitative estimate of drug-likeness (QED) is 0.171. The van der Waals surface area contributed by atoms with Crippen molar-refractivity contribution < 1.29 is 4.42 Å². The normalized spacial score (nSPS) is 13.0. The number of hydrogen-bond acceptors (Lipinski definition) is 3. The summed E-state index contributed by atoms with van der Waals surface area (Å²) in [6.07, 6.45) is 0. The number of hydrogen-bond donors (Lipinski definition) is 0. The Balaban J connectivity index is 1.05. The first-order chi connectivity index (χ1) is 27.5. The molecule has 0 amide bonds. The fourth-order valence-corrected chi connectivity index (χ4v) is 8.99. The molecule has 0 unspecified atom stereocenters. The third-order valence-electron chi connectivity index (χ3n) is 11.8. The molecule has 0 atom stereocenters. The van der Waals surface area contributed by atoms with Gasteiger partial charge in [-0.15, -0.1) is 0 Å². The van der Waals surface area contributed by atoms with Gasteiger partial charge in [-0.3, -0.25) is 0 Å². The lowest BCUT2D eigenvalue weighted by Crippen LogP contribution is -2.16. The van der Waals surface area contributed by atoms with E-state index in [0.717, 1.165) is 56.1 Å². The molecular formula is C53H38N2O. The van der Waals surface area contributed by atoms with Gasteiger partial charge in [0.15, 0.2) is 0 Å². The van der Waals surface area contributed by atoms with Crippen LogP contribution in [0.5, 0.6) is 0 Å². The highest BCUT2D eigenvalue weighted by atomic mass is 16.3. The molecule has 0 saturated heterocycles. The van der Waals surface area contributed by atoms with Gasteiger partial charge in [-0.1, -0.05) is 129 Å². The summed E-state index contributed by atoms with van der Waals surface area (Å²) in [4.78, 5) is 4.71. The minimum atomic E-state index is -0.231. The van der Waals surface area contributed by atoms with Gasteiger partial charge >= 0.3 is 0 Å². The maximum absolute atomic E-state index is 6.88. The highest BCUT2D eigenvalue weighted by Crippen LogP contribution is 2.54. The lowest BCUT2D eigenvalue weighted by Gasteiger charge is -2.28. The third-order valence-corrected chi connectivity index (χ3v) is 11.8. The maximum atomic E-state index is 6.88. The van der Waals surface area contributed by atoms with Gasteiger partial charge in [0, 0.05) is 55.9 Å². The van der Waals surface area contributed by atoms with E-state index in [1.54, 1.807) is 0 Å². The summed E-state index contributed by atoms with van der Waals surface area (Å²) in [6, 6.07) is 70.0. The van der Waals surface area contributed by atoms with E-state index in [9.17, 15) is 0 Å². The van der Waals surface area contributed by atoms with Gasteiger partial charge < -0.3 is 14.2 Å². The first kappa shape index (κ1) is 32.3. The van der Waals surface area contributed by atoms with E-state index in [0.29, 0.717) is 0 Å². The van der Waals surface area contributed by atoms with E-state index >= 15 is 0 Å². The zero-order valence-corrected chi connectivity index (χ0v) is 31.3. The van der Waals surface area contributed by atoms with Crippen molar-refractivity contribution in [1.82, 2.24) is 0 Å². The minimum absolute atomic E-state index is 0.231. The molecule has 56 heavy (non-hydrogen) atoms. The zero-order chi connectivity index (χ0) is 37.4. The summed E-state index contributed by atoms with van der Waals surface area (Å²) < 4.78 is 6.88. The number of fused-ring (bicyclic) bond motifs is 9. The second kappa shape index (κ2) is 12.5. The number of nitrogens with zero attached hydrogens (tertiary/aromatic N) is 2. The van der Waals surface area contributed by atoms with Crippen LogP contribution < -0.4 is 9.80 Å². The number of anilines is 6. The second-order valence-corrected chi connectivity index (χ2v) is 15.4. The third kappa shape index (κ3) is 5.05. The van der Waals surface area contributed by atoms with E-state index in [1.807, 2.05) is 0 Å². The maximum Gasteiger partial charge on any atom is 0.143 e. The molecule has 0 bridgehead atoms. The fraction of sp³-hybridized carbons (Fsp3) is 0.0566. The predicted molar refractivity (Wildman–Crippen MR) is 236 cm³/mol. The Hall–Kier alpha value is -7.10. The van der Waals surface area contributed by atoms with Crippen LogP contribution in [0.1, 0.15) is 25.0 Å². The van der Waals surface area contributed by atoms with Crippen LogP contribution in [0.4, 0.5) is 34.1 Å². The Morgan fingerprint density at radius 3 is 1.48 bits per heavy atom. The van der Waals surface area contributed by atoms with Crippen molar-refractivity contribution in [3.05, 3.63) is 205 Å². The highest BCUT2D eigenvalue weighted by molar-refractivity contribution is 6.13. The van der Waals surface area contributed by atoms with Gasteiger partial charge in [0.25, 0.3) is 0 Å². The molecule has 10 aromatic rings.